The van der Waals surface area contributed by atoms with E-state index in [2.05, 4.69) is 16.8 Å². The Kier molecular flexibility index (Phi) is 4.94. The highest BCUT2D eigenvalue weighted by Gasteiger charge is 2.25. The molecule has 0 saturated carbocycles. The van der Waals surface area contributed by atoms with Crippen LogP contribution in [0.15, 0.2) is 0 Å². The van der Waals surface area contributed by atoms with Gasteiger partial charge in [0.2, 0.25) is 0 Å². The van der Waals surface area contributed by atoms with Crippen LogP contribution >= 0.6 is 11.3 Å². The molecular weight excluding hydrogens is 252 g/mol. The van der Waals surface area contributed by atoms with Gasteiger partial charge in [-0.2, -0.15) is 0 Å². The molecule has 102 valence electrons. The summed E-state index contributed by atoms with van der Waals surface area (Å²) in [5.74, 6) is 0. The number of aliphatic hydroxyl groups is 1. The molecule has 1 aromatic rings. The van der Waals surface area contributed by atoms with Gasteiger partial charge in [-0.3, -0.25) is 0 Å². The van der Waals surface area contributed by atoms with E-state index in [1.165, 1.54) is 0 Å². The SMILES string of the molecule is CCC1COCCN1c1nc(COC)c(CO)s1. The van der Waals surface area contributed by atoms with Crippen molar-refractivity contribution in [3.05, 3.63) is 10.6 Å². The van der Waals surface area contributed by atoms with E-state index in [4.69, 9.17) is 9.47 Å². The second kappa shape index (κ2) is 6.47. The zero-order valence-corrected chi connectivity index (χ0v) is 11.7. The van der Waals surface area contributed by atoms with Crippen molar-refractivity contribution in [1.29, 1.82) is 0 Å². The van der Waals surface area contributed by atoms with E-state index in [9.17, 15) is 5.11 Å². The van der Waals surface area contributed by atoms with E-state index in [1.54, 1.807) is 18.4 Å². The lowest BCUT2D eigenvalue weighted by Gasteiger charge is -2.34. The van der Waals surface area contributed by atoms with E-state index in [-0.39, 0.29) is 6.61 Å². The van der Waals surface area contributed by atoms with Gasteiger partial charge in [0.25, 0.3) is 0 Å². The molecule has 5 nitrogen and oxygen atoms in total. The standard InChI is InChI=1S/C12H20N2O3S/c1-3-9-7-17-5-4-14(9)12-13-10(8-16-2)11(6-15)18-12/h9,15H,3-8H2,1-2H3. The highest BCUT2D eigenvalue weighted by molar-refractivity contribution is 7.15. The van der Waals surface area contributed by atoms with Gasteiger partial charge in [-0.1, -0.05) is 18.3 Å². The number of aliphatic hydroxyl groups excluding tert-OH is 1. The second-order valence-electron chi connectivity index (χ2n) is 4.29. The van der Waals surface area contributed by atoms with Gasteiger partial charge in [-0.05, 0) is 6.42 Å². The minimum Gasteiger partial charge on any atom is -0.391 e. The summed E-state index contributed by atoms with van der Waals surface area (Å²) in [5.41, 5.74) is 0.848. The topological polar surface area (TPSA) is 54.8 Å². The van der Waals surface area contributed by atoms with Crippen molar-refractivity contribution in [2.75, 3.05) is 31.8 Å². The number of nitrogens with zero attached hydrogens (tertiary/aromatic N) is 2. The first-order valence-corrected chi connectivity index (χ1v) is 7.04. The summed E-state index contributed by atoms with van der Waals surface area (Å²) in [6, 6.07) is 0.381. The molecule has 1 atom stereocenters. The molecule has 6 heteroatoms. The number of morpholine rings is 1. The van der Waals surface area contributed by atoms with Crippen LogP contribution in [-0.2, 0) is 22.7 Å². The third-order valence-electron chi connectivity index (χ3n) is 3.14. The van der Waals surface area contributed by atoms with Gasteiger partial charge in [-0.25, -0.2) is 4.98 Å². The molecule has 0 aromatic carbocycles. The van der Waals surface area contributed by atoms with Crippen LogP contribution in [0.25, 0.3) is 0 Å². The van der Waals surface area contributed by atoms with Gasteiger partial charge in [0.15, 0.2) is 5.13 Å². The first kappa shape index (κ1) is 13.7. The lowest BCUT2D eigenvalue weighted by Crippen LogP contribution is -2.45. The normalized spacial score (nSPS) is 20.4. The molecule has 18 heavy (non-hydrogen) atoms. The summed E-state index contributed by atoms with van der Waals surface area (Å²) in [6.07, 6.45) is 1.04. The van der Waals surface area contributed by atoms with Crippen molar-refractivity contribution in [1.82, 2.24) is 4.98 Å². The molecule has 1 fully saturated rings. The highest BCUT2D eigenvalue weighted by Crippen LogP contribution is 2.30. The summed E-state index contributed by atoms with van der Waals surface area (Å²) in [5, 5.41) is 10.3. The number of aromatic nitrogens is 1. The van der Waals surface area contributed by atoms with E-state index < -0.39 is 0 Å². The van der Waals surface area contributed by atoms with Crippen molar-refractivity contribution >= 4 is 16.5 Å². The van der Waals surface area contributed by atoms with Gasteiger partial charge >= 0.3 is 0 Å². The zero-order chi connectivity index (χ0) is 13.0. The summed E-state index contributed by atoms with van der Waals surface area (Å²) in [4.78, 5) is 7.78. The van der Waals surface area contributed by atoms with E-state index >= 15 is 0 Å². The Bertz CT molecular complexity index is 383. The minimum absolute atomic E-state index is 0.0253. The number of rotatable bonds is 5. The van der Waals surface area contributed by atoms with Crippen molar-refractivity contribution < 1.29 is 14.6 Å². The molecule has 1 unspecified atom stereocenters. The predicted molar refractivity (Wildman–Crippen MR) is 71.0 cm³/mol. The Hall–Kier alpha value is -0.690. The first-order valence-electron chi connectivity index (χ1n) is 6.22. The number of thiazole rings is 1. The Morgan fingerprint density at radius 1 is 1.61 bits per heavy atom. The fourth-order valence-electron chi connectivity index (χ4n) is 2.11. The average molecular weight is 272 g/mol. The van der Waals surface area contributed by atoms with Crippen LogP contribution in [0.2, 0.25) is 0 Å². The monoisotopic (exact) mass is 272 g/mol. The Morgan fingerprint density at radius 3 is 3.11 bits per heavy atom. The lowest BCUT2D eigenvalue weighted by atomic mass is 10.2. The molecule has 0 bridgehead atoms. The Morgan fingerprint density at radius 2 is 2.44 bits per heavy atom. The minimum atomic E-state index is 0.0253. The van der Waals surface area contributed by atoms with Crippen LogP contribution in [-0.4, -0.2) is 43.0 Å². The van der Waals surface area contributed by atoms with Gasteiger partial charge in [-0.15, -0.1) is 0 Å². The quantitative estimate of drug-likeness (QED) is 0.878. The average Bonchev–Trinajstić information content (AvgIpc) is 2.82. The molecule has 0 radical (unpaired) electrons. The number of ether oxygens (including phenoxy) is 2. The molecule has 1 saturated heterocycles. The molecule has 0 aliphatic carbocycles. The number of anilines is 1. The molecule has 1 aliphatic rings. The van der Waals surface area contributed by atoms with Gasteiger partial charge < -0.3 is 19.5 Å². The third kappa shape index (κ3) is 2.83. The van der Waals surface area contributed by atoms with Crippen molar-refractivity contribution in [2.24, 2.45) is 0 Å². The second-order valence-corrected chi connectivity index (χ2v) is 5.35. The maximum absolute atomic E-state index is 9.35. The number of methoxy groups -OCH3 is 1. The van der Waals surface area contributed by atoms with Crippen molar-refractivity contribution in [2.45, 2.75) is 32.6 Å². The van der Waals surface area contributed by atoms with Crippen LogP contribution in [0.1, 0.15) is 23.9 Å². The molecule has 0 amide bonds. The van der Waals surface area contributed by atoms with E-state index in [0.29, 0.717) is 12.6 Å². The molecular formula is C12H20N2O3S. The number of hydrogen-bond acceptors (Lipinski definition) is 6. The van der Waals surface area contributed by atoms with Crippen LogP contribution in [0.3, 0.4) is 0 Å². The van der Waals surface area contributed by atoms with Crippen molar-refractivity contribution in [3.8, 4) is 0 Å². The molecule has 1 N–H and O–H groups in total. The summed E-state index contributed by atoms with van der Waals surface area (Å²) >= 11 is 1.55. The molecule has 1 aromatic heterocycles. The Balaban J connectivity index is 2.20. The molecule has 1 aliphatic heterocycles. The molecule has 0 spiro atoms. The highest BCUT2D eigenvalue weighted by atomic mass is 32.1. The van der Waals surface area contributed by atoms with Crippen LogP contribution in [0.5, 0.6) is 0 Å². The maximum Gasteiger partial charge on any atom is 0.186 e. The predicted octanol–water partition coefficient (Wildman–Crippen LogP) is 1.40. The van der Waals surface area contributed by atoms with Gasteiger partial charge in [0.1, 0.15) is 0 Å². The third-order valence-corrected chi connectivity index (χ3v) is 4.26. The van der Waals surface area contributed by atoms with Gasteiger partial charge in [0, 0.05) is 13.7 Å². The Labute approximate surface area is 111 Å². The first-order chi connectivity index (χ1) is 8.80. The smallest absolute Gasteiger partial charge is 0.186 e. The number of hydrogen-bond donors (Lipinski definition) is 1. The van der Waals surface area contributed by atoms with Crippen molar-refractivity contribution in [3.63, 3.8) is 0 Å². The maximum atomic E-state index is 9.35. The van der Waals surface area contributed by atoms with Crippen LogP contribution in [0, 0.1) is 0 Å². The zero-order valence-electron chi connectivity index (χ0n) is 10.9. The van der Waals surface area contributed by atoms with Crippen LogP contribution < -0.4 is 4.90 Å². The van der Waals surface area contributed by atoms with E-state index in [1.807, 2.05) is 0 Å². The summed E-state index contributed by atoms with van der Waals surface area (Å²) in [6.45, 7) is 4.99. The molecule has 2 heterocycles. The van der Waals surface area contributed by atoms with E-state index in [0.717, 1.165) is 41.9 Å². The fourth-order valence-corrected chi connectivity index (χ4v) is 3.13. The largest absolute Gasteiger partial charge is 0.391 e. The summed E-state index contributed by atoms with van der Waals surface area (Å²) in [7, 11) is 1.64. The lowest BCUT2D eigenvalue weighted by molar-refractivity contribution is 0.0929. The molecule has 2 rings (SSSR count). The summed E-state index contributed by atoms with van der Waals surface area (Å²) < 4.78 is 10.6. The van der Waals surface area contributed by atoms with Crippen LogP contribution in [0.4, 0.5) is 5.13 Å². The fraction of sp³-hybridized carbons (Fsp3) is 0.750. The van der Waals surface area contributed by atoms with Gasteiger partial charge in [0.05, 0.1) is 43.0 Å².